The van der Waals surface area contributed by atoms with Crippen LogP contribution in [0.2, 0.25) is 0 Å². The highest BCUT2D eigenvalue weighted by Crippen LogP contribution is 2.46. The summed E-state index contributed by atoms with van der Waals surface area (Å²) in [5.41, 5.74) is 2.40. The van der Waals surface area contributed by atoms with Crippen molar-refractivity contribution < 1.29 is 19.0 Å². The number of hydrogen-bond acceptors (Lipinski definition) is 9. The van der Waals surface area contributed by atoms with Gasteiger partial charge < -0.3 is 29.7 Å². The number of phenolic OH excluding ortho intramolecular Hbond substituents is 1. The molecule has 2 unspecified atom stereocenters. The summed E-state index contributed by atoms with van der Waals surface area (Å²) in [6.45, 7) is 3.08. The first-order valence-electron chi connectivity index (χ1n) is 14.7. The van der Waals surface area contributed by atoms with E-state index >= 15 is 0 Å². The van der Waals surface area contributed by atoms with Gasteiger partial charge in [0.05, 0.1) is 24.8 Å². The highest BCUT2D eigenvalue weighted by Gasteiger charge is 2.44. The number of ether oxygens (including phenoxy) is 2. The van der Waals surface area contributed by atoms with Gasteiger partial charge in [0.2, 0.25) is 5.88 Å². The Bertz CT molecular complexity index is 1770. The first-order valence-corrected chi connectivity index (χ1v) is 14.7. The molecule has 2 N–H and O–H groups in total. The van der Waals surface area contributed by atoms with Gasteiger partial charge in [0.25, 0.3) is 0 Å². The molecule has 43 heavy (non-hydrogen) atoms. The van der Waals surface area contributed by atoms with Crippen LogP contribution in [-0.2, 0) is 0 Å². The molecule has 2 aliphatic heterocycles. The Morgan fingerprint density at radius 1 is 1.12 bits per heavy atom. The maximum absolute atomic E-state index is 14.9. The zero-order chi connectivity index (χ0) is 29.9. The van der Waals surface area contributed by atoms with Crippen LogP contribution in [0.1, 0.15) is 31.2 Å². The van der Waals surface area contributed by atoms with E-state index in [1.165, 1.54) is 13.2 Å². The van der Waals surface area contributed by atoms with Gasteiger partial charge in [-0.2, -0.15) is 9.97 Å². The third-order valence-corrected chi connectivity index (χ3v) is 8.91. The van der Waals surface area contributed by atoms with E-state index in [9.17, 15) is 9.50 Å². The number of terminal acetylenes is 1. The predicted octanol–water partition coefficient (Wildman–Crippen LogP) is 4.34. The largest absolute Gasteiger partial charge is 0.508 e. The smallest absolute Gasteiger partial charge is 0.319 e. The minimum absolute atomic E-state index is 0.0125. The molecule has 7 rings (SSSR count). The Morgan fingerprint density at radius 2 is 1.88 bits per heavy atom. The number of aromatic hydroxyl groups is 1. The van der Waals surface area contributed by atoms with Crippen LogP contribution in [0, 0.1) is 23.6 Å². The van der Waals surface area contributed by atoms with Crippen LogP contribution in [0.25, 0.3) is 32.9 Å². The molecule has 3 aliphatic rings. The van der Waals surface area contributed by atoms with Crippen LogP contribution < -0.4 is 19.7 Å². The van der Waals surface area contributed by atoms with E-state index in [0.29, 0.717) is 69.3 Å². The Hall–Kier alpha value is -4.20. The van der Waals surface area contributed by atoms with Crippen molar-refractivity contribution in [2.75, 3.05) is 52.3 Å². The standard InChI is InChI=1S/C33H35FN6O3/c1-5-23-26(34)9-6-19-12-22(41)13-24(28(19)23)25-14-27-29(37-31(25)42-4)30(40-15-20-7-8-21(16-40)35-20)38-32(36-27)43-18-33(10-11-33)17-39(2)3/h1,6,9,12-14,20-21,35,41H,7-8,10-11,15-18H2,2-4H3. The molecule has 0 amide bonds. The van der Waals surface area contributed by atoms with Crippen LogP contribution in [0.15, 0.2) is 30.3 Å². The number of anilines is 1. The Kier molecular flexibility index (Phi) is 6.75. The molecule has 9 nitrogen and oxygen atoms in total. The lowest BCUT2D eigenvalue weighted by Gasteiger charge is -2.34. The van der Waals surface area contributed by atoms with Crippen molar-refractivity contribution in [3.05, 3.63) is 41.7 Å². The van der Waals surface area contributed by atoms with Gasteiger partial charge in [-0.05, 0) is 75.0 Å². The number of piperazine rings is 1. The number of fused-ring (bicyclic) bond motifs is 4. The van der Waals surface area contributed by atoms with Crippen LogP contribution >= 0.6 is 0 Å². The molecule has 222 valence electrons. The van der Waals surface area contributed by atoms with E-state index < -0.39 is 5.82 Å². The number of rotatable bonds is 8. The Balaban J connectivity index is 1.40. The van der Waals surface area contributed by atoms with Gasteiger partial charge in [-0.1, -0.05) is 12.0 Å². The monoisotopic (exact) mass is 582 g/mol. The molecule has 3 fully saturated rings. The zero-order valence-electron chi connectivity index (χ0n) is 24.7. The maximum atomic E-state index is 14.9. The van der Waals surface area contributed by atoms with E-state index in [0.717, 1.165) is 45.3 Å². The van der Waals surface area contributed by atoms with Gasteiger partial charge in [0.1, 0.15) is 17.1 Å². The van der Waals surface area contributed by atoms with Crippen molar-refractivity contribution in [2.24, 2.45) is 5.41 Å². The van der Waals surface area contributed by atoms with Crippen molar-refractivity contribution in [1.82, 2.24) is 25.2 Å². The van der Waals surface area contributed by atoms with Crippen LogP contribution in [0.5, 0.6) is 17.6 Å². The molecule has 0 spiro atoms. The fourth-order valence-corrected chi connectivity index (χ4v) is 6.80. The molecule has 1 aliphatic carbocycles. The topological polar surface area (TPSA) is 95.9 Å². The number of pyridine rings is 1. The van der Waals surface area contributed by atoms with Gasteiger partial charge in [0.15, 0.2) is 5.82 Å². The van der Waals surface area contributed by atoms with Gasteiger partial charge in [-0.15, -0.1) is 6.42 Å². The summed E-state index contributed by atoms with van der Waals surface area (Å²) in [5.74, 6) is 2.99. The predicted molar refractivity (Wildman–Crippen MR) is 164 cm³/mol. The lowest BCUT2D eigenvalue weighted by atomic mass is 9.94. The second kappa shape index (κ2) is 10.5. The molecule has 2 bridgehead atoms. The number of nitrogens with zero attached hydrogens (tertiary/aromatic N) is 5. The average molecular weight is 583 g/mol. The number of aromatic nitrogens is 3. The summed E-state index contributed by atoms with van der Waals surface area (Å²) in [6.07, 6.45) is 10.2. The first kappa shape index (κ1) is 27.6. The van der Waals surface area contributed by atoms with Crippen LogP contribution in [0.4, 0.5) is 10.2 Å². The molecule has 4 heterocycles. The van der Waals surface area contributed by atoms with Crippen molar-refractivity contribution in [1.29, 1.82) is 0 Å². The number of benzene rings is 2. The van der Waals surface area contributed by atoms with Gasteiger partial charge in [-0.3, -0.25) is 0 Å². The number of phenols is 1. The highest BCUT2D eigenvalue weighted by atomic mass is 19.1. The quantitative estimate of drug-likeness (QED) is 0.294. The lowest BCUT2D eigenvalue weighted by Crippen LogP contribution is -2.51. The molecule has 2 aromatic heterocycles. The number of nitrogens with one attached hydrogen (secondary N) is 1. The van der Waals surface area contributed by atoms with Gasteiger partial charge >= 0.3 is 6.01 Å². The molecular formula is C33H35FN6O3. The summed E-state index contributed by atoms with van der Waals surface area (Å²) in [6, 6.07) is 8.95. The van der Waals surface area contributed by atoms with E-state index in [1.807, 2.05) is 6.07 Å². The molecular weight excluding hydrogens is 547 g/mol. The summed E-state index contributed by atoms with van der Waals surface area (Å²) in [4.78, 5) is 19.2. The van der Waals surface area contributed by atoms with E-state index in [2.05, 4.69) is 35.1 Å². The van der Waals surface area contributed by atoms with Gasteiger partial charge in [-0.25, -0.2) is 9.37 Å². The number of halogens is 1. The van der Waals surface area contributed by atoms with E-state index in [4.69, 9.17) is 30.8 Å². The molecule has 0 radical (unpaired) electrons. The van der Waals surface area contributed by atoms with Crippen LogP contribution in [0.3, 0.4) is 0 Å². The summed E-state index contributed by atoms with van der Waals surface area (Å²) < 4.78 is 27.0. The van der Waals surface area contributed by atoms with Crippen molar-refractivity contribution in [3.63, 3.8) is 0 Å². The van der Waals surface area contributed by atoms with Crippen LogP contribution in [-0.4, -0.2) is 84.5 Å². The second-order valence-electron chi connectivity index (χ2n) is 12.5. The summed E-state index contributed by atoms with van der Waals surface area (Å²) >= 11 is 0. The normalized spacial score (nSPS) is 20.5. The minimum Gasteiger partial charge on any atom is -0.508 e. The molecule has 2 atom stereocenters. The Morgan fingerprint density at radius 3 is 2.56 bits per heavy atom. The number of methoxy groups -OCH3 is 1. The van der Waals surface area contributed by atoms with Gasteiger partial charge in [0, 0.05) is 48.1 Å². The molecule has 2 aromatic carbocycles. The maximum Gasteiger partial charge on any atom is 0.319 e. The lowest BCUT2D eigenvalue weighted by molar-refractivity contribution is 0.183. The zero-order valence-corrected chi connectivity index (χ0v) is 24.7. The Labute approximate surface area is 250 Å². The van der Waals surface area contributed by atoms with E-state index in [-0.39, 0.29) is 16.7 Å². The highest BCUT2D eigenvalue weighted by molar-refractivity contribution is 6.04. The number of hydrogen-bond donors (Lipinski definition) is 2. The van der Waals surface area contributed by atoms with Crippen molar-refractivity contribution >= 4 is 27.6 Å². The minimum atomic E-state index is -0.519. The van der Waals surface area contributed by atoms with E-state index in [1.54, 1.807) is 18.2 Å². The fourth-order valence-electron chi connectivity index (χ4n) is 6.80. The average Bonchev–Trinajstić information content (AvgIpc) is 3.67. The molecule has 10 heteroatoms. The SMILES string of the molecule is C#Cc1c(F)ccc2cc(O)cc(-c3cc4nc(OCC5(CN(C)C)CC5)nc(N5CC6CCC(C5)N6)c4nc3OC)c12. The second-order valence-corrected chi connectivity index (χ2v) is 12.5. The third-order valence-electron chi connectivity index (χ3n) is 8.91. The van der Waals surface area contributed by atoms with Crippen molar-refractivity contribution in [2.45, 2.75) is 37.8 Å². The summed E-state index contributed by atoms with van der Waals surface area (Å²) in [7, 11) is 5.69. The molecule has 2 saturated heterocycles. The van der Waals surface area contributed by atoms with Crippen molar-refractivity contribution in [3.8, 4) is 41.1 Å². The third kappa shape index (κ3) is 5.07. The molecule has 1 saturated carbocycles. The molecule has 4 aromatic rings. The first-order chi connectivity index (χ1) is 20.8. The fraction of sp³-hybridized carbons (Fsp3) is 0.424. The summed E-state index contributed by atoms with van der Waals surface area (Å²) in [5, 5.41) is 15.4.